The first kappa shape index (κ1) is 20.9. The average Bonchev–Trinajstić information content (AvgIpc) is 3.34. The molecular weight excluding hydrogens is 405 g/mol. The number of likely N-dealkylation sites (tertiary alicyclic amines) is 1. The zero-order valence-electron chi connectivity index (χ0n) is 18.7. The van der Waals surface area contributed by atoms with Crippen molar-refractivity contribution in [1.29, 1.82) is 0 Å². The van der Waals surface area contributed by atoms with E-state index in [0.29, 0.717) is 12.3 Å². The smallest absolute Gasteiger partial charge is 0.229 e. The second-order valence-electron chi connectivity index (χ2n) is 9.75. The molecule has 32 heavy (non-hydrogen) atoms. The van der Waals surface area contributed by atoms with Gasteiger partial charge in [0.25, 0.3) is 0 Å². The number of piperidine rings is 1. The van der Waals surface area contributed by atoms with Crippen molar-refractivity contribution in [3.63, 3.8) is 0 Å². The Morgan fingerprint density at radius 1 is 1.22 bits per heavy atom. The van der Waals surface area contributed by atoms with Gasteiger partial charge in [-0.25, -0.2) is 14.4 Å². The van der Waals surface area contributed by atoms with E-state index in [-0.39, 0.29) is 23.2 Å². The summed E-state index contributed by atoms with van der Waals surface area (Å²) >= 11 is 0. The first-order valence-corrected chi connectivity index (χ1v) is 11.5. The Labute approximate surface area is 187 Å². The number of rotatable bonds is 5. The van der Waals surface area contributed by atoms with Crippen molar-refractivity contribution in [3.05, 3.63) is 54.2 Å². The summed E-state index contributed by atoms with van der Waals surface area (Å²) in [4.78, 5) is 30.0. The van der Waals surface area contributed by atoms with E-state index in [1.54, 1.807) is 18.5 Å². The Kier molecular flexibility index (Phi) is 5.35. The van der Waals surface area contributed by atoms with Gasteiger partial charge in [0, 0.05) is 31.9 Å². The Morgan fingerprint density at radius 3 is 2.78 bits per heavy atom. The standard InChI is InChI=1S/C25H30FN5O/c1-17(2)15-31-20(13-18-4-3-5-19(26)12-18)14-25(24(31)32)7-10-30(11-8-25)23-21-6-9-27-22(21)28-16-29-23/h3-6,9,12,16-17,20H,7-8,10-11,13-15H2,1-2H3,(H,27,28,29). The third-order valence-corrected chi connectivity index (χ3v) is 7.06. The zero-order valence-corrected chi connectivity index (χ0v) is 18.7. The lowest BCUT2D eigenvalue weighted by Gasteiger charge is -2.38. The molecule has 2 fully saturated rings. The van der Waals surface area contributed by atoms with Crippen LogP contribution in [0.3, 0.4) is 0 Å². The van der Waals surface area contributed by atoms with E-state index in [9.17, 15) is 9.18 Å². The predicted octanol–water partition coefficient (Wildman–Crippen LogP) is 4.18. The molecular formula is C25H30FN5O. The summed E-state index contributed by atoms with van der Waals surface area (Å²) in [6.07, 6.45) is 6.66. The molecule has 0 saturated carbocycles. The monoisotopic (exact) mass is 435 g/mol. The number of aromatic nitrogens is 3. The molecule has 1 N–H and O–H groups in total. The van der Waals surface area contributed by atoms with E-state index in [1.807, 2.05) is 18.3 Å². The Hall–Kier alpha value is -2.96. The highest BCUT2D eigenvalue weighted by Crippen LogP contribution is 2.46. The number of amides is 1. The number of H-pyrrole nitrogens is 1. The number of benzene rings is 1. The molecule has 1 atom stereocenters. The van der Waals surface area contributed by atoms with Crippen LogP contribution in [0.1, 0.15) is 38.7 Å². The van der Waals surface area contributed by atoms with Gasteiger partial charge in [-0.3, -0.25) is 4.79 Å². The molecule has 2 aliphatic rings. The minimum Gasteiger partial charge on any atom is -0.356 e. The van der Waals surface area contributed by atoms with E-state index in [2.05, 4.69) is 38.6 Å². The van der Waals surface area contributed by atoms with E-state index in [0.717, 1.165) is 61.3 Å². The summed E-state index contributed by atoms with van der Waals surface area (Å²) in [7, 11) is 0. The highest BCUT2D eigenvalue weighted by molar-refractivity contribution is 5.88. The molecule has 5 rings (SSSR count). The minimum atomic E-state index is -0.326. The Morgan fingerprint density at radius 2 is 2.03 bits per heavy atom. The van der Waals surface area contributed by atoms with Gasteiger partial charge in [0.2, 0.25) is 5.91 Å². The van der Waals surface area contributed by atoms with E-state index >= 15 is 0 Å². The van der Waals surface area contributed by atoms with Gasteiger partial charge in [-0.15, -0.1) is 0 Å². The van der Waals surface area contributed by atoms with Crippen LogP contribution in [0, 0.1) is 17.2 Å². The van der Waals surface area contributed by atoms with Gasteiger partial charge >= 0.3 is 0 Å². The second-order valence-corrected chi connectivity index (χ2v) is 9.75. The highest BCUT2D eigenvalue weighted by Gasteiger charge is 2.52. The van der Waals surface area contributed by atoms with Crippen molar-refractivity contribution >= 4 is 22.8 Å². The van der Waals surface area contributed by atoms with Crippen LogP contribution in [0.2, 0.25) is 0 Å². The van der Waals surface area contributed by atoms with E-state index in [4.69, 9.17) is 0 Å². The van der Waals surface area contributed by atoms with E-state index in [1.165, 1.54) is 6.07 Å². The SMILES string of the molecule is CC(C)CN1C(=O)C2(CCN(c3ncnc4[nH]ccc34)CC2)CC1Cc1cccc(F)c1. The number of carbonyl (C=O) groups excluding carboxylic acids is 1. The number of nitrogens with zero attached hydrogens (tertiary/aromatic N) is 4. The topological polar surface area (TPSA) is 65.1 Å². The number of fused-ring (bicyclic) bond motifs is 1. The number of hydrogen-bond donors (Lipinski definition) is 1. The van der Waals surface area contributed by atoms with Crippen molar-refractivity contribution in [1.82, 2.24) is 19.9 Å². The average molecular weight is 436 g/mol. The summed E-state index contributed by atoms with van der Waals surface area (Å²) in [5.41, 5.74) is 1.47. The molecule has 168 valence electrons. The summed E-state index contributed by atoms with van der Waals surface area (Å²) in [5.74, 6) is 1.40. The summed E-state index contributed by atoms with van der Waals surface area (Å²) < 4.78 is 13.8. The van der Waals surface area contributed by atoms with Crippen molar-refractivity contribution in [2.45, 2.75) is 45.6 Å². The van der Waals surface area contributed by atoms with Crippen molar-refractivity contribution in [2.75, 3.05) is 24.5 Å². The molecule has 1 spiro atoms. The number of nitrogens with one attached hydrogen (secondary N) is 1. The lowest BCUT2D eigenvalue weighted by atomic mass is 9.75. The summed E-state index contributed by atoms with van der Waals surface area (Å²) in [6.45, 7) is 6.64. The first-order chi connectivity index (χ1) is 15.4. The predicted molar refractivity (Wildman–Crippen MR) is 123 cm³/mol. The quantitative estimate of drug-likeness (QED) is 0.653. The maximum absolute atomic E-state index is 13.8. The Bertz CT molecular complexity index is 1120. The fourth-order valence-electron chi connectivity index (χ4n) is 5.54. The van der Waals surface area contributed by atoms with Crippen LogP contribution < -0.4 is 4.90 Å². The number of hydrogen-bond acceptors (Lipinski definition) is 4. The minimum absolute atomic E-state index is 0.119. The van der Waals surface area contributed by atoms with Crippen molar-refractivity contribution in [3.8, 4) is 0 Å². The van der Waals surface area contributed by atoms with Gasteiger partial charge in [-0.05, 0) is 55.4 Å². The molecule has 1 unspecified atom stereocenters. The molecule has 2 saturated heterocycles. The van der Waals surface area contributed by atoms with Crippen LogP contribution in [0.15, 0.2) is 42.9 Å². The van der Waals surface area contributed by atoms with Crippen LogP contribution in [0.5, 0.6) is 0 Å². The summed E-state index contributed by atoms with van der Waals surface area (Å²) in [5, 5.41) is 1.02. The van der Waals surface area contributed by atoms with Gasteiger partial charge in [-0.2, -0.15) is 0 Å². The number of aromatic amines is 1. The molecule has 1 amide bonds. The Balaban J connectivity index is 1.36. The van der Waals surface area contributed by atoms with Gasteiger partial charge in [0.05, 0.1) is 10.8 Å². The molecule has 2 aliphatic heterocycles. The van der Waals surface area contributed by atoms with Crippen LogP contribution in [0.4, 0.5) is 10.2 Å². The fraction of sp³-hybridized carbons (Fsp3) is 0.480. The maximum atomic E-state index is 13.8. The van der Waals surface area contributed by atoms with Crippen LogP contribution in [0.25, 0.3) is 11.0 Å². The maximum Gasteiger partial charge on any atom is 0.229 e. The largest absolute Gasteiger partial charge is 0.356 e. The summed E-state index contributed by atoms with van der Waals surface area (Å²) in [6, 6.07) is 8.92. The third-order valence-electron chi connectivity index (χ3n) is 7.06. The molecule has 7 heteroatoms. The van der Waals surface area contributed by atoms with Crippen LogP contribution in [-0.4, -0.2) is 51.4 Å². The number of halogens is 1. The third kappa shape index (κ3) is 3.74. The van der Waals surface area contributed by atoms with Gasteiger partial charge < -0.3 is 14.8 Å². The molecule has 6 nitrogen and oxygen atoms in total. The van der Waals surface area contributed by atoms with Gasteiger partial charge in [0.1, 0.15) is 23.6 Å². The lowest BCUT2D eigenvalue weighted by Crippen LogP contribution is -2.45. The number of anilines is 1. The zero-order chi connectivity index (χ0) is 22.3. The first-order valence-electron chi connectivity index (χ1n) is 11.5. The second kappa shape index (κ2) is 8.19. The lowest BCUT2D eigenvalue weighted by molar-refractivity contribution is -0.138. The molecule has 3 aromatic rings. The number of carbonyl (C=O) groups is 1. The molecule has 0 bridgehead atoms. The molecule has 0 radical (unpaired) electrons. The fourth-order valence-corrected chi connectivity index (χ4v) is 5.54. The van der Waals surface area contributed by atoms with Crippen molar-refractivity contribution in [2.24, 2.45) is 11.3 Å². The van der Waals surface area contributed by atoms with E-state index < -0.39 is 0 Å². The van der Waals surface area contributed by atoms with Gasteiger partial charge in [0.15, 0.2) is 0 Å². The molecule has 0 aliphatic carbocycles. The molecule has 4 heterocycles. The van der Waals surface area contributed by atoms with Crippen molar-refractivity contribution < 1.29 is 9.18 Å². The highest BCUT2D eigenvalue weighted by atomic mass is 19.1. The van der Waals surface area contributed by atoms with Gasteiger partial charge in [-0.1, -0.05) is 26.0 Å². The molecule has 1 aromatic carbocycles. The van der Waals surface area contributed by atoms with Crippen LogP contribution >= 0.6 is 0 Å². The normalized spacial score (nSPS) is 20.8. The van der Waals surface area contributed by atoms with Crippen LogP contribution in [-0.2, 0) is 11.2 Å². The molecule has 2 aromatic heterocycles.